The molecule has 0 heterocycles. The SMILES string of the molecule is C#CCOc1ccc(NC(=O)NCC2(CCOC)CC2)cc1. The molecular formula is C17H22N2O3. The molecule has 0 aliphatic heterocycles. The molecule has 22 heavy (non-hydrogen) atoms. The Morgan fingerprint density at radius 1 is 1.36 bits per heavy atom. The standard InChI is InChI=1S/C17H22N2O3/c1-3-11-22-15-6-4-14(5-7-15)19-16(20)18-13-17(8-9-17)10-12-21-2/h1,4-7H,8-13H2,2H3,(H2,18,19,20). The van der Waals surface area contributed by atoms with Crippen LogP contribution in [0.4, 0.5) is 10.5 Å². The maximum Gasteiger partial charge on any atom is 0.319 e. The molecule has 1 aliphatic rings. The van der Waals surface area contributed by atoms with E-state index >= 15 is 0 Å². The largest absolute Gasteiger partial charge is 0.481 e. The van der Waals surface area contributed by atoms with E-state index in [1.165, 1.54) is 0 Å². The lowest BCUT2D eigenvalue weighted by Crippen LogP contribution is -2.34. The summed E-state index contributed by atoms with van der Waals surface area (Å²) in [4.78, 5) is 11.9. The first-order chi connectivity index (χ1) is 10.7. The van der Waals surface area contributed by atoms with Gasteiger partial charge in [-0.2, -0.15) is 0 Å². The highest BCUT2D eigenvalue weighted by molar-refractivity contribution is 5.89. The predicted octanol–water partition coefficient (Wildman–Crippen LogP) is 2.64. The van der Waals surface area contributed by atoms with Crippen LogP contribution < -0.4 is 15.4 Å². The van der Waals surface area contributed by atoms with Gasteiger partial charge in [-0.3, -0.25) is 0 Å². The second kappa shape index (κ2) is 7.71. The lowest BCUT2D eigenvalue weighted by molar-refractivity contribution is 0.171. The van der Waals surface area contributed by atoms with Gasteiger partial charge in [-0.1, -0.05) is 5.92 Å². The van der Waals surface area contributed by atoms with E-state index in [-0.39, 0.29) is 18.1 Å². The van der Waals surface area contributed by atoms with E-state index in [1.54, 1.807) is 31.4 Å². The van der Waals surface area contributed by atoms with Crippen molar-refractivity contribution in [3.63, 3.8) is 0 Å². The third kappa shape index (κ3) is 4.97. The minimum atomic E-state index is -0.194. The van der Waals surface area contributed by atoms with Gasteiger partial charge in [0.15, 0.2) is 0 Å². The quantitative estimate of drug-likeness (QED) is 0.726. The van der Waals surface area contributed by atoms with Crippen LogP contribution in [-0.4, -0.2) is 32.9 Å². The number of anilines is 1. The Balaban J connectivity index is 1.74. The Kier molecular flexibility index (Phi) is 5.68. The van der Waals surface area contributed by atoms with Gasteiger partial charge in [-0.15, -0.1) is 6.42 Å². The first kappa shape index (κ1) is 16.2. The predicted molar refractivity (Wildman–Crippen MR) is 86.0 cm³/mol. The second-order valence-corrected chi connectivity index (χ2v) is 5.57. The van der Waals surface area contributed by atoms with E-state index in [0.717, 1.165) is 25.9 Å². The number of ether oxygens (including phenoxy) is 2. The number of urea groups is 1. The number of carbonyl (C=O) groups excluding carboxylic acids is 1. The first-order valence-electron chi connectivity index (χ1n) is 7.38. The highest BCUT2D eigenvalue weighted by atomic mass is 16.5. The summed E-state index contributed by atoms with van der Waals surface area (Å²) in [7, 11) is 1.70. The molecule has 1 fully saturated rings. The summed E-state index contributed by atoms with van der Waals surface area (Å²) in [5.41, 5.74) is 0.951. The Bertz CT molecular complexity index is 530. The maximum atomic E-state index is 11.9. The third-order valence-electron chi connectivity index (χ3n) is 3.85. The van der Waals surface area contributed by atoms with Gasteiger partial charge in [0, 0.05) is 25.9 Å². The molecular weight excluding hydrogens is 280 g/mol. The van der Waals surface area contributed by atoms with Gasteiger partial charge in [0.25, 0.3) is 0 Å². The van der Waals surface area contributed by atoms with Gasteiger partial charge in [0.05, 0.1) is 0 Å². The normalized spacial score (nSPS) is 14.7. The second-order valence-electron chi connectivity index (χ2n) is 5.57. The lowest BCUT2D eigenvalue weighted by Gasteiger charge is -2.16. The van der Waals surface area contributed by atoms with E-state index in [2.05, 4.69) is 16.6 Å². The number of terminal acetylenes is 1. The van der Waals surface area contributed by atoms with Crippen LogP contribution in [0.5, 0.6) is 5.75 Å². The number of nitrogens with one attached hydrogen (secondary N) is 2. The smallest absolute Gasteiger partial charge is 0.319 e. The van der Waals surface area contributed by atoms with Gasteiger partial charge in [0.1, 0.15) is 12.4 Å². The lowest BCUT2D eigenvalue weighted by atomic mass is 10.0. The molecule has 1 aromatic carbocycles. The fourth-order valence-corrected chi connectivity index (χ4v) is 2.21. The summed E-state index contributed by atoms with van der Waals surface area (Å²) in [5, 5.41) is 5.73. The van der Waals surface area contributed by atoms with Gasteiger partial charge >= 0.3 is 6.03 Å². The van der Waals surface area contributed by atoms with Crippen molar-refractivity contribution in [2.45, 2.75) is 19.3 Å². The highest BCUT2D eigenvalue weighted by Crippen LogP contribution is 2.48. The molecule has 0 atom stereocenters. The molecule has 1 aromatic rings. The van der Waals surface area contributed by atoms with Crippen LogP contribution in [0.3, 0.4) is 0 Å². The molecule has 5 nitrogen and oxygen atoms in total. The molecule has 0 saturated heterocycles. The number of hydrogen-bond donors (Lipinski definition) is 2. The van der Waals surface area contributed by atoms with E-state index in [9.17, 15) is 4.79 Å². The van der Waals surface area contributed by atoms with Crippen LogP contribution >= 0.6 is 0 Å². The van der Waals surface area contributed by atoms with Crippen molar-refractivity contribution >= 4 is 11.7 Å². The summed E-state index contributed by atoms with van der Waals surface area (Å²) >= 11 is 0. The van der Waals surface area contributed by atoms with E-state index in [4.69, 9.17) is 15.9 Å². The van der Waals surface area contributed by atoms with Crippen molar-refractivity contribution in [3.8, 4) is 18.1 Å². The van der Waals surface area contributed by atoms with Gasteiger partial charge in [-0.05, 0) is 48.9 Å². The maximum absolute atomic E-state index is 11.9. The van der Waals surface area contributed by atoms with Crippen LogP contribution in [0.25, 0.3) is 0 Å². The minimum Gasteiger partial charge on any atom is -0.481 e. The van der Waals surface area contributed by atoms with Crippen molar-refractivity contribution in [3.05, 3.63) is 24.3 Å². The summed E-state index contributed by atoms with van der Waals surface area (Å²) in [6, 6.07) is 6.91. The Morgan fingerprint density at radius 3 is 2.68 bits per heavy atom. The van der Waals surface area contributed by atoms with Gasteiger partial charge in [0.2, 0.25) is 0 Å². The Morgan fingerprint density at radius 2 is 2.09 bits per heavy atom. The van der Waals surface area contributed by atoms with Crippen LogP contribution in [0, 0.1) is 17.8 Å². The van der Waals surface area contributed by atoms with Gasteiger partial charge in [-0.25, -0.2) is 4.79 Å². The third-order valence-corrected chi connectivity index (χ3v) is 3.85. The van der Waals surface area contributed by atoms with Crippen LogP contribution in [0.2, 0.25) is 0 Å². The zero-order valence-electron chi connectivity index (χ0n) is 12.9. The minimum absolute atomic E-state index is 0.194. The Hall–Kier alpha value is -2.19. The number of carbonyl (C=O) groups is 1. The summed E-state index contributed by atoms with van der Waals surface area (Å²) in [6.07, 6.45) is 8.42. The van der Waals surface area contributed by atoms with Gasteiger partial charge < -0.3 is 20.1 Å². The number of benzene rings is 1. The highest BCUT2D eigenvalue weighted by Gasteiger charge is 2.42. The van der Waals surface area contributed by atoms with E-state index < -0.39 is 0 Å². The molecule has 1 aliphatic carbocycles. The van der Waals surface area contributed by atoms with Crippen molar-refractivity contribution in [1.29, 1.82) is 0 Å². The zero-order chi connectivity index (χ0) is 15.8. The van der Waals surface area contributed by atoms with Crippen LogP contribution in [0.15, 0.2) is 24.3 Å². The average molecular weight is 302 g/mol. The van der Waals surface area contributed by atoms with Crippen LogP contribution in [0.1, 0.15) is 19.3 Å². The van der Waals surface area contributed by atoms with Crippen molar-refractivity contribution in [2.24, 2.45) is 5.41 Å². The van der Waals surface area contributed by atoms with Crippen molar-refractivity contribution < 1.29 is 14.3 Å². The van der Waals surface area contributed by atoms with Crippen molar-refractivity contribution in [2.75, 3.05) is 32.2 Å². The molecule has 2 N–H and O–H groups in total. The molecule has 0 aromatic heterocycles. The molecule has 0 unspecified atom stereocenters. The number of hydrogen-bond acceptors (Lipinski definition) is 3. The molecule has 118 valence electrons. The molecule has 0 bridgehead atoms. The van der Waals surface area contributed by atoms with Crippen molar-refractivity contribution in [1.82, 2.24) is 5.32 Å². The summed E-state index contributed by atoms with van der Waals surface area (Å²) in [5.74, 6) is 3.08. The zero-order valence-corrected chi connectivity index (χ0v) is 12.9. The van der Waals surface area contributed by atoms with E-state index in [0.29, 0.717) is 18.0 Å². The van der Waals surface area contributed by atoms with Crippen LogP contribution in [-0.2, 0) is 4.74 Å². The summed E-state index contributed by atoms with van der Waals surface area (Å²) in [6.45, 7) is 1.66. The molecule has 2 amide bonds. The fourth-order valence-electron chi connectivity index (χ4n) is 2.21. The molecule has 0 spiro atoms. The molecule has 5 heteroatoms. The average Bonchev–Trinajstić information content (AvgIpc) is 3.31. The monoisotopic (exact) mass is 302 g/mol. The molecule has 0 radical (unpaired) electrons. The topological polar surface area (TPSA) is 59.6 Å². The first-order valence-corrected chi connectivity index (χ1v) is 7.38. The number of amides is 2. The van der Waals surface area contributed by atoms with E-state index in [1.807, 2.05) is 0 Å². The fraction of sp³-hybridized carbons (Fsp3) is 0.471. The Labute approximate surface area is 131 Å². The number of methoxy groups -OCH3 is 1. The molecule has 2 rings (SSSR count). The number of rotatable bonds is 8. The summed E-state index contributed by atoms with van der Waals surface area (Å²) < 4.78 is 10.4. The molecule has 1 saturated carbocycles.